The van der Waals surface area contributed by atoms with Crippen molar-refractivity contribution in [2.45, 2.75) is 6.54 Å². The molecule has 1 aromatic carbocycles. The average Bonchev–Trinajstić information content (AvgIpc) is 2.92. The third kappa shape index (κ3) is 2.35. The summed E-state index contributed by atoms with van der Waals surface area (Å²) in [5.74, 6) is 2.54. The van der Waals surface area contributed by atoms with Gasteiger partial charge >= 0.3 is 0 Å². The summed E-state index contributed by atoms with van der Waals surface area (Å²) in [4.78, 5) is 2.51. The van der Waals surface area contributed by atoms with Crippen LogP contribution in [0.2, 0.25) is 5.02 Å². The number of nitrogens with one attached hydrogen (secondary N) is 1. The molecule has 0 radical (unpaired) electrons. The molecule has 2 heterocycles. The number of nitrogens with zero attached hydrogens (tertiary/aromatic N) is 1. The molecule has 1 N–H and O–H groups in total. The Bertz CT molecular complexity index is 426. The zero-order valence-electron chi connectivity index (χ0n) is 10.7. The summed E-state index contributed by atoms with van der Waals surface area (Å²) >= 11 is 6.26. The monoisotopic (exact) mass is 266 g/mol. The molecule has 2 saturated heterocycles. The zero-order chi connectivity index (χ0) is 12.5. The van der Waals surface area contributed by atoms with Crippen LogP contribution < -0.4 is 10.1 Å². The van der Waals surface area contributed by atoms with Gasteiger partial charge in [0.2, 0.25) is 0 Å². The Kier molecular flexibility index (Phi) is 3.46. The number of ether oxygens (including phenoxy) is 1. The summed E-state index contributed by atoms with van der Waals surface area (Å²) in [5, 5.41) is 4.30. The van der Waals surface area contributed by atoms with Crippen LogP contribution in [0.4, 0.5) is 0 Å². The maximum Gasteiger partial charge on any atom is 0.119 e. The van der Waals surface area contributed by atoms with Crippen LogP contribution in [0.5, 0.6) is 5.75 Å². The van der Waals surface area contributed by atoms with Crippen molar-refractivity contribution in [2.75, 3.05) is 33.3 Å². The van der Waals surface area contributed by atoms with E-state index in [1.54, 1.807) is 7.11 Å². The number of hydrogen-bond acceptors (Lipinski definition) is 3. The van der Waals surface area contributed by atoms with E-state index in [-0.39, 0.29) is 0 Å². The molecule has 1 aromatic rings. The maximum atomic E-state index is 6.26. The van der Waals surface area contributed by atoms with Gasteiger partial charge in [-0.25, -0.2) is 0 Å². The first-order valence-corrected chi connectivity index (χ1v) is 6.89. The first-order chi connectivity index (χ1) is 8.76. The summed E-state index contributed by atoms with van der Waals surface area (Å²) in [7, 11) is 1.69. The Labute approximate surface area is 113 Å². The molecular weight excluding hydrogens is 248 g/mol. The topological polar surface area (TPSA) is 24.5 Å². The number of rotatable bonds is 3. The van der Waals surface area contributed by atoms with Crippen molar-refractivity contribution < 1.29 is 4.74 Å². The SMILES string of the molecule is COc1ccc(Cl)c(CN2C[C@H]3CNC[C@H]3C2)c1. The van der Waals surface area contributed by atoms with Crippen molar-refractivity contribution in [2.24, 2.45) is 11.8 Å². The van der Waals surface area contributed by atoms with Gasteiger partial charge in [-0.1, -0.05) is 11.6 Å². The Morgan fingerprint density at radius 3 is 2.72 bits per heavy atom. The minimum absolute atomic E-state index is 0.828. The van der Waals surface area contributed by atoms with Gasteiger partial charge in [0.05, 0.1) is 7.11 Å². The Balaban J connectivity index is 1.69. The van der Waals surface area contributed by atoms with Crippen LogP contribution in [0.1, 0.15) is 5.56 Å². The van der Waals surface area contributed by atoms with E-state index >= 15 is 0 Å². The summed E-state index contributed by atoms with van der Waals surface area (Å²) in [6.07, 6.45) is 0. The second kappa shape index (κ2) is 5.08. The van der Waals surface area contributed by atoms with Crippen LogP contribution >= 0.6 is 11.6 Å². The molecule has 0 bridgehead atoms. The van der Waals surface area contributed by atoms with Crippen molar-refractivity contribution in [1.82, 2.24) is 10.2 Å². The van der Waals surface area contributed by atoms with Gasteiger partial charge in [0.25, 0.3) is 0 Å². The summed E-state index contributed by atoms with van der Waals surface area (Å²) in [5.41, 5.74) is 1.17. The van der Waals surface area contributed by atoms with Crippen LogP contribution in [0.15, 0.2) is 18.2 Å². The number of methoxy groups -OCH3 is 1. The molecule has 0 unspecified atom stereocenters. The van der Waals surface area contributed by atoms with E-state index in [2.05, 4.69) is 16.3 Å². The molecule has 0 aromatic heterocycles. The minimum atomic E-state index is 0.828. The van der Waals surface area contributed by atoms with Gasteiger partial charge in [-0.2, -0.15) is 0 Å². The Morgan fingerprint density at radius 2 is 2.06 bits per heavy atom. The fourth-order valence-electron chi connectivity index (χ4n) is 3.12. The molecule has 98 valence electrons. The molecule has 2 aliphatic heterocycles. The highest BCUT2D eigenvalue weighted by molar-refractivity contribution is 6.31. The van der Waals surface area contributed by atoms with Gasteiger partial charge in [-0.05, 0) is 48.7 Å². The first-order valence-electron chi connectivity index (χ1n) is 6.52. The van der Waals surface area contributed by atoms with E-state index in [1.807, 2.05) is 12.1 Å². The smallest absolute Gasteiger partial charge is 0.119 e. The van der Waals surface area contributed by atoms with Gasteiger partial charge in [-0.15, -0.1) is 0 Å². The van der Waals surface area contributed by atoms with E-state index in [0.717, 1.165) is 29.2 Å². The molecule has 18 heavy (non-hydrogen) atoms. The highest BCUT2D eigenvalue weighted by Gasteiger charge is 2.35. The molecule has 0 saturated carbocycles. The van der Waals surface area contributed by atoms with Gasteiger partial charge in [0, 0.05) is 24.7 Å². The fraction of sp³-hybridized carbons (Fsp3) is 0.571. The third-order valence-electron chi connectivity index (χ3n) is 4.11. The van der Waals surface area contributed by atoms with E-state index in [0.29, 0.717) is 0 Å². The predicted molar refractivity (Wildman–Crippen MR) is 73.1 cm³/mol. The lowest BCUT2D eigenvalue weighted by molar-refractivity contribution is 0.305. The molecule has 2 atom stereocenters. The largest absolute Gasteiger partial charge is 0.497 e. The molecule has 2 fully saturated rings. The summed E-state index contributed by atoms with van der Waals surface area (Å²) in [6.45, 7) is 5.65. The van der Waals surface area contributed by atoms with Crippen molar-refractivity contribution in [3.63, 3.8) is 0 Å². The van der Waals surface area contributed by atoms with E-state index in [9.17, 15) is 0 Å². The van der Waals surface area contributed by atoms with E-state index in [4.69, 9.17) is 16.3 Å². The molecule has 0 spiro atoms. The Hall–Kier alpha value is -0.770. The number of benzene rings is 1. The van der Waals surface area contributed by atoms with E-state index < -0.39 is 0 Å². The molecule has 2 aliphatic rings. The second-order valence-corrected chi connectivity index (χ2v) is 5.74. The quantitative estimate of drug-likeness (QED) is 0.906. The molecule has 0 amide bonds. The summed E-state index contributed by atoms with van der Waals surface area (Å²) in [6, 6.07) is 5.89. The number of halogens is 1. The van der Waals surface area contributed by atoms with Gasteiger partial charge in [0.15, 0.2) is 0 Å². The van der Waals surface area contributed by atoms with Crippen molar-refractivity contribution in [1.29, 1.82) is 0 Å². The predicted octanol–water partition coefficient (Wildman–Crippen LogP) is 2.00. The highest BCUT2D eigenvalue weighted by atomic mass is 35.5. The molecule has 0 aliphatic carbocycles. The van der Waals surface area contributed by atoms with E-state index in [1.165, 1.54) is 31.7 Å². The molecule has 4 heteroatoms. The normalized spacial score (nSPS) is 27.4. The van der Waals surface area contributed by atoms with Crippen molar-refractivity contribution in [3.8, 4) is 5.75 Å². The third-order valence-corrected chi connectivity index (χ3v) is 4.48. The van der Waals surface area contributed by atoms with Crippen LogP contribution in [-0.4, -0.2) is 38.2 Å². The van der Waals surface area contributed by atoms with Gasteiger partial charge < -0.3 is 10.1 Å². The van der Waals surface area contributed by atoms with Crippen molar-refractivity contribution in [3.05, 3.63) is 28.8 Å². The lowest BCUT2D eigenvalue weighted by Crippen LogP contribution is -2.25. The van der Waals surface area contributed by atoms with Gasteiger partial charge in [-0.3, -0.25) is 4.90 Å². The first kappa shape index (κ1) is 12.3. The van der Waals surface area contributed by atoms with Crippen LogP contribution in [0.3, 0.4) is 0 Å². The average molecular weight is 267 g/mol. The standard InChI is InChI=1S/C14H19ClN2O/c1-18-13-2-3-14(15)10(4-13)7-17-8-11-5-16-6-12(11)9-17/h2-4,11-12,16H,5-9H2,1H3/t11-,12+. The number of hydrogen-bond donors (Lipinski definition) is 1. The molecule has 3 nitrogen and oxygen atoms in total. The lowest BCUT2D eigenvalue weighted by atomic mass is 10.0. The van der Waals surface area contributed by atoms with Crippen LogP contribution in [-0.2, 0) is 6.54 Å². The lowest BCUT2D eigenvalue weighted by Gasteiger charge is -2.18. The Morgan fingerprint density at radius 1 is 1.33 bits per heavy atom. The van der Waals surface area contributed by atoms with Crippen molar-refractivity contribution >= 4 is 11.6 Å². The van der Waals surface area contributed by atoms with Gasteiger partial charge in [0.1, 0.15) is 5.75 Å². The second-order valence-electron chi connectivity index (χ2n) is 5.33. The molecular formula is C14H19ClN2O. The fourth-order valence-corrected chi connectivity index (χ4v) is 3.30. The van der Waals surface area contributed by atoms with Crippen LogP contribution in [0.25, 0.3) is 0 Å². The number of fused-ring (bicyclic) bond motifs is 1. The maximum absolute atomic E-state index is 6.26. The minimum Gasteiger partial charge on any atom is -0.497 e. The molecule has 3 rings (SSSR count). The summed E-state index contributed by atoms with van der Waals surface area (Å²) < 4.78 is 5.26. The zero-order valence-corrected chi connectivity index (χ0v) is 11.4. The number of likely N-dealkylation sites (tertiary alicyclic amines) is 1. The van der Waals surface area contributed by atoms with Crippen LogP contribution in [0, 0.1) is 11.8 Å². The highest BCUT2D eigenvalue weighted by Crippen LogP contribution is 2.30.